The van der Waals surface area contributed by atoms with Crippen LogP contribution in [0.1, 0.15) is 23.4 Å². The van der Waals surface area contributed by atoms with Crippen molar-refractivity contribution in [3.05, 3.63) is 86.8 Å². The molecule has 1 aromatic heterocycles. The van der Waals surface area contributed by atoms with E-state index in [1.165, 1.54) is 46.6 Å². The molecule has 1 unspecified atom stereocenters. The lowest BCUT2D eigenvalue weighted by Gasteiger charge is -2.24. The van der Waals surface area contributed by atoms with Gasteiger partial charge in [0, 0.05) is 16.1 Å². The largest absolute Gasteiger partial charge is 0.507 e. The van der Waals surface area contributed by atoms with Crippen LogP contribution in [-0.4, -0.2) is 23.4 Å². The van der Waals surface area contributed by atoms with Crippen LogP contribution in [0.5, 0.6) is 5.75 Å². The number of carbonyl (C=O) groups excluding carboxylic acids is 2. The number of amides is 1. The lowest BCUT2D eigenvalue weighted by atomic mass is 9.99. The van der Waals surface area contributed by atoms with E-state index in [0.29, 0.717) is 22.9 Å². The summed E-state index contributed by atoms with van der Waals surface area (Å²) in [7, 11) is 0. The van der Waals surface area contributed by atoms with E-state index in [9.17, 15) is 19.1 Å². The number of anilines is 1. The average Bonchev–Trinajstić information content (AvgIpc) is 3.37. The van der Waals surface area contributed by atoms with Crippen LogP contribution in [0.15, 0.2) is 65.6 Å². The lowest BCUT2D eigenvalue weighted by Crippen LogP contribution is -2.29. The van der Waals surface area contributed by atoms with Crippen LogP contribution >= 0.6 is 22.9 Å². The molecule has 1 aliphatic rings. The molecule has 0 aliphatic carbocycles. The van der Waals surface area contributed by atoms with E-state index in [2.05, 4.69) is 0 Å². The number of halogens is 2. The summed E-state index contributed by atoms with van der Waals surface area (Å²) in [6, 6.07) is 12.7. The van der Waals surface area contributed by atoms with Gasteiger partial charge in [0.05, 0.1) is 17.2 Å². The molecule has 2 aromatic carbocycles. The van der Waals surface area contributed by atoms with Gasteiger partial charge >= 0.3 is 0 Å². The normalized spacial score (nSPS) is 17.9. The SMILES string of the molecule is CCOc1ccc(Cl)c(/C(O)=C2/C(=O)C(=O)N(c3ccc(F)cc3)C2c2cccs2)c1. The smallest absolute Gasteiger partial charge is 0.300 e. The Labute approximate surface area is 187 Å². The molecular formula is C23H17ClFNO4S. The first kappa shape index (κ1) is 21.1. The number of rotatable bonds is 5. The molecule has 158 valence electrons. The quantitative estimate of drug-likeness (QED) is 0.309. The monoisotopic (exact) mass is 457 g/mol. The van der Waals surface area contributed by atoms with Gasteiger partial charge in [-0.05, 0) is 60.8 Å². The van der Waals surface area contributed by atoms with Crippen LogP contribution in [0.2, 0.25) is 5.02 Å². The van der Waals surface area contributed by atoms with Crippen molar-refractivity contribution >= 4 is 46.1 Å². The van der Waals surface area contributed by atoms with Crippen LogP contribution in [0.25, 0.3) is 5.76 Å². The number of ketones is 1. The summed E-state index contributed by atoms with van der Waals surface area (Å²) >= 11 is 7.63. The van der Waals surface area contributed by atoms with Gasteiger partial charge in [-0.25, -0.2) is 4.39 Å². The number of benzene rings is 2. The lowest BCUT2D eigenvalue weighted by molar-refractivity contribution is -0.132. The zero-order valence-corrected chi connectivity index (χ0v) is 17.9. The summed E-state index contributed by atoms with van der Waals surface area (Å²) in [5, 5.41) is 13.2. The van der Waals surface area contributed by atoms with Crippen molar-refractivity contribution < 1.29 is 23.8 Å². The first-order chi connectivity index (χ1) is 14.9. The third-order valence-corrected chi connectivity index (χ3v) is 6.12. The molecule has 31 heavy (non-hydrogen) atoms. The van der Waals surface area contributed by atoms with E-state index in [-0.39, 0.29) is 16.2 Å². The van der Waals surface area contributed by atoms with Gasteiger partial charge in [0.15, 0.2) is 0 Å². The Morgan fingerprint density at radius 2 is 1.94 bits per heavy atom. The number of hydrogen-bond acceptors (Lipinski definition) is 5. The van der Waals surface area contributed by atoms with Crippen molar-refractivity contribution in [1.29, 1.82) is 0 Å². The van der Waals surface area contributed by atoms with E-state index in [1.54, 1.807) is 24.3 Å². The van der Waals surface area contributed by atoms with Crippen molar-refractivity contribution in [2.24, 2.45) is 0 Å². The van der Waals surface area contributed by atoms with Crippen molar-refractivity contribution in [2.75, 3.05) is 11.5 Å². The highest BCUT2D eigenvalue weighted by Gasteiger charge is 2.47. The highest BCUT2D eigenvalue weighted by Crippen LogP contribution is 2.44. The Hall–Kier alpha value is -3.16. The average molecular weight is 458 g/mol. The maximum absolute atomic E-state index is 13.4. The molecule has 0 radical (unpaired) electrons. The third-order valence-electron chi connectivity index (χ3n) is 4.87. The minimum atomic E-state index is -0.878. The van der Waals surface area contributed by atoms with Crippen LogP contribution in [0.4, 0.5) is 10.1 Å². The number of ether oxygens (including phenoxy) is 1. The Bertz CT molecular complexity index is 1170. The molecule has 1 saturated heterocycles. The van der Waals surface area contributed by atoms with Gasteiger partial charge in [0.25, 0.3) is 11.7 Å². The molecular weight excluding hydrogens is 441 g/mol. The van der Waals surface area contributed by atoms with E-state index >= 15 is 0 Å². The summed E-state index contributed by atoms with van der Waals surface area (Å²) in [6.07, 6.45) is 0. The van der Waals surface area contributed by atoms with Gasteiger partial charge in [0.2, 0.25) is 0 Å². The number of thiophene rings is 1. The van der Waals surface area contributed by atoms with Crippen LogP contribution < -0.4 is 9.64 Å². The maximum Gasteiger partial charge on any atom is 0.300 e. The maximum atomic E-state index is 13.4. The third kappa shape index (κ3) is 3.82. The van der Waals surface area contributed by atoms with E-state index in [4.69, 9.17) is 16.3 Å². The fraction of sp³-hybridized carbons (Fsp3) is 0.130. The Morgan fingerprint density at radius 3 is 2.58 bits per heavy atom. The second-order valence-electron chi connectivity index (χ2n) is 6.74. The second kappa shape index (κ2) is 8.53. The molecule has 1 aliphatic heterocycles. The summed E-state index contributed by atoms with van der Waals surface area (Å²) in [5.74, 6) is -2.06. The zero-order valence-electron chi connectivity index (χ0n) is 16.3. The minimum Gasteiger partial charge on any atom is -0.507 e. The summed E-state index contributed by atoms with van der Waals surface area (Å²) < 4.78 is 18.9. The zero-order chi connectivity index (χ0) is 22.1. The standard InChI is InChI=1S/C23H17ClFNO4S/c1-2-30-15-9-10-17(24)16(12-15)21(27)19-20(18-4-3-11-31-18)26(23(29)22(19)28)14-7-5-13(25)6-8-14/h3-12,20,27H,2H2,1H3/b21-19-. The molecule has 3 aromatic rings. The van der Waals surface area contributed by atoms with Crippen LogP contribution in [0, 0.1) is 5.82 Å². The van der Waals surface area contributed by atoms with E-state index in [0.717, 1.165) is 0 Å². The Morgan fingerprint density at radius 1 is 1.19 bits per heavy atom. The van der Waals surface area contributed by atoms with E-state index < -0.39 is 29.3 Å². The Balaban J connectivity index is 1.92. The van der Waals surface area contributed by atoms with Crippen molar-refractivity contribution in [3.8, 4) is 5.75 Å². The molecule has 1 fully saturated rings. The molecule has 1 N–H and O–H groups in total. The molecule has 5 nitrogen and oxygen atoms in total. The molecule has 4 rings (SSSR count). The molecule has 1 amide bonds. The summed E-state index contributed by atoms with van der Waals surface area (Å²) in [6.45, 7) is 2.23. The summed E-state index contributed by atoms with van der Waals surface area (Å²) in [4.78, 5) is 28.0. The molecule has 8 heteroatoms. The predicted octanol–water partition coefficient (Wildman–Crippen LogP) is 5.57. The van der Waals surface area contributed by atoms with Gasteiger partial charge in [-0.1, -0.05) is 17.7 Å². The first-order valence-corrected chi connectivity index (χ1v) is 10.7. The first-order valence-electron chi connectivity index (χ1n) is 9.45. The molecule has 2 heterocycles. The van der Waals surface area contributed by atoms with Crippen molar-refractivity contribution in [1.82, 2.24) is 0 Å². The summed E-state index contributed by atoms with van der Waals surface area (Å²) in [5.41, 5.74) is 0.439. The Kier molecular flexibility index (Phi) is 5.80. The topological polar surface area (TPSA) is 66.8 Å². The highest BCUT2D eigenvalue weighted by atomic mass is 35.5. The number of aliphatic hydroxyl groups is 1. The predicted molar refractivity (Wildman–Crippen MR) is 118 cm³/mol. The fourth-order valence-electron chi connectivity index (χ4n) is 3.50. The fourth-order valence-corrected chi connectivity index (χ4v) is 4.53. The molecule has 0 saturated carbocycles. The highest BCUT2D eigenvalue weighted by molar-refractivity contribution is 7.10. The van der Waals surface area contributed by atoms with Crippen LogP contribution in [-0.2, 0) is 9.59 Å². The van der Waals surface area contributed by atoms with Gasteiger partial charge in [-0.3, -0.25) is 14.5 Å². The van der Waals surface area contributed by atoms with Gasteiger partial charge < -0.3 is 9.84 Å². The van der Waals surface area contributed by atoms with Gasteiger partial charge in [-0.15, -0.1) is 11.3 Å². The number of Topliss-reactive ketones (excluding diaryl/α,β-unsaturated/α-hetero) is 1. The van der Waals surface area contributed by atoms with Crippen molar-refractivity contribution in [3.63, 3.8) is 0 Å². The second-order valence-corrected chi connectivity index (χ2v) is 8.12. The van der Waals surface area contributed by atoms with Crippen LogP contribution in [0.3, 0.4) is 0 Å². The van der Waals surface area contributed by atoms with Gasteiger partial charge in [0.1, 0.15) is 23.4 Å². The number of hydrogen-bond donors (Lipinski definition) is 1. The molecule has 1 atom stereocenters. The number of nitrogens with zero attached hydrogens (tertiary/aromatic N) is 1. The van der Waals surface area contributed by atoms with Crippen molar-refractivity contribution in [2.45, 2.75) is 13.0 Å². The minimum absolute atomic E-state index is 0.0904. The molecule has 0 spiro atoms. The number of carbonyl (C=O) groups is 2. The molecule has 0 bridgehead atoms. The van der Waals surface area contributed by atoms with E-state index in [1.807, 2.05) is 12.3 Å². The van der Waals surface area contributed by atoms with Gasteiger partial charge in [-0.2, -0.15) is 0 Å². The number of aliphatic hydroxyl groups excluding tert-OH is 1.